The lowest BCUT2D eigenvalue weighted by molar-refractivity contribution is 0.0965. The summed E-state index contributed by atoms with van der Waals surface area (Å²) in [5.41, 5.74) is 3.21. The van der Waals surface area contributed by atoms with Crippen molar-refractivity contribution in [2.24, 2.45) is 0 Å². The predicted molar refractivity (Wildman–Crippen MR) is 80.9 cm³/mol. The van der Waals surface area contributed by atoms with Gasteiger partial charge in [0.2, 0.25) is 10.0 Å². The van der Waals surface area contributed by atoms with E-state index >= 15 is 0 Å². The summed E-state index contributed by atoms with van der Waals surface area (Å²) in [6, 6.07) is 3.59. The number of hydrogen-bond donors (Lipinski definition) is 1. The number of pyridine rings is 1. The first-order valence-corrected chi connectivity index (χ1v) is 8.29. The van der Waals surface area contributed by atoms with Crippen LogP contribution in [0.15, 0.2) is 18.3 Å². The Morgan fingerprint density at radius 1 is 1.38 bits per heavy atom. The van der Waals surface area contributed by atoms with Crippen LogP contribution in [-0.2, 0) is 16.6 Å². The number of nitrogens with zero attached hydrogens (tertiary/aromatic N) is 2. The fourth-order valence-corrected chi connectivity index (χ4v) is 3.32. The molecule has 3 rings (SSSR count). The van der Waals surface area contributed by atoms with Crippen molar-refractivity contribution in [2.75, 3.05) is 17.6 Å². The van der Waals surface area contributed by atoms with Gasteiger partial charge in [-0.05, 0) is 24.6 Å². The van der Waals surface area contributed by atoms with Gasteiger partial charge < -0.3 is 5.32 Å². The van der Waals surface area contributed by atoms with Crippen molar-refractivity contribution in [3.8, 4) is 0 Å². The van der Waals surface area contributed by atoms with Crippen LogP contribution in [0.1, 0.15) is 21.5 Å². The third-order valence-corrected chi connectivity index (χ3v) is 5.02. The molecule has 110 valence electrons. The average Bonchev–Trinajstić information content (AvgIpc) is 2.80. The maximum absolute atomic E-state index is 12.0. The van der Waals surface area contributed by atoms with E-state index in [-0.39, 0.29) is 5.91 Å². The van der Waals surface area contributed by atoms with Crippen molar-refractivity contribution in [3.05, 3.63) is 35.0 Å². The van der Waals surface area contributed by atoms with E-state index in [0.29, 0.717) is 28.9 Å². The van der Waals surface area contributed by atoms with Crippen LogP contribution in [-0.4, -0.2) is 32.6 Å². The highest BCUT2D eigenvalue weighted by Crippen LogP contribution is 2.38. The molecule has 0 aliphatic carbocycles. The number of amides is 1. The van der Waals surface area contributed by atoms with Gasteiger partial charge in [0.25, 0.3) is 5.91 Å². The number of sulfonamides is 1. The highest BCUT2D eigenvalue weighted by atomic mass is 32.2. The quantitative estimate of drug-likeness (QED) is 0.903. The van der Waals surface area contributed by atoms with Gasteiger partial charge in [-0.1, -0.05) is 0 Å². The van der Waals surface area contributed by atoms with E-state index in [2.05, 4.69) is 10.3 Å². The van der Waals surface area contributed by atoms with Gasteiger partial charge in [0, 0.05) is 30.7 Å². The molecule has 2 heterocycles. The maximum Gasteiger partial charge on any atom is 0.252 e. The number of hydrogen-bond acceptors (Lipinski definition) is 4. The topological polar surface area (TPSA) is 79.4 Å². The molecular weight excluding hydrogens is 290 g/mol. The molecule has 1 aliphatic rings. The van der Waals surface area contributed by atoms with Crippen LogP contribution in [0, 0.1) is 6.92 Å². The van der Waals surface area contributed by atoms with E-state index in [1.165, 1.54) is 11.4 Å². The van der Waals surface area contributed by atoms with E-state index in [1.807, 2.05) is 13.0 Å². The van der Waals surface area contributed by atoms with Crippen LogP contribution in [0.25, 0.3) is 10.9 Å². The molecule has 6 nitrogen and oxygen atoms in total. The van der Waals surface area contributed by atoms with Gasteiger partial charge in [-0.2, -0.15) is 0 Å². The van der Waals surface area contributed by atoms with Crippen LogP contribution in [0.4, 0.5) is 5.69 Å². The van der Waals surface area contributed by atoms with E-state index < -0.39 is 10.0 Å². The van der Waals surface area contributed by atoms with Crippen LogP contribution in [0.3, 0.4) is 0 Å². The molecule has 0 atom stereocenters. The Morgan fingerprint density at radius 2 is 2.10 bits per heavy atom. The molecule has 1 amide bonds. The highest BCUT2D eigenvalue weighted by molar-refractivity contribution is 7.92. The number of benzene rings is 1. The molecule has 2 aromatic rings. The highest BCUT2D eigenvalue weighted by Gasteiger charge is 2.30. The van der Waals surface area contributed by atoms with Gasteiger partial charge in [0.15, 0.2) is 0 Å². The third kappa shape index (κ3) is 1.96. The summed E-state index contributed by atoms with van der Waals surface area (Å²) in [5, 5.41) is 3.49. The standard InChI is InChI=1S/C14H15N3O3S/c1-8-11-10(7-16-14(11)18)13(17(2)21(3,19)20)9-5-4-6-15-12(8)9/h4-6H,7H2,1-3H3,(H,16,18). The second-order valence-electron chi connectivity index (χ2n) is 5.14. The summed E-state index contributed by atoms with van der Waals surface area (Å²) in [6.45, 7) is 2.17. The molecule has 0 radical (unpaired) electrons. The minimum absolute atomic E-state index is 0.182. The summed E-state index contributed by atoms with van der Waals surface area (Å²) in [5.74, 6) is -0.182. The van der Waals surface area contributed by atoms with E-state index in [1.54, 1.807) is 12.3 Å². The van der Waals surface area contributed by atoms with Crippen molar-refractivity contribution in [2.45, 2.75) is 13.5 Å². The number of fused-ring (bicyclic) bond motifs is 2. The van der Waals surface area contributed by atoms with Crippen molar-refractivity contribution in [3.63, 3.8) is 0 Å². The van der Waals surface area contributed by atoms with Crippen LogP contribution >= 0.6 is 0 Å². The summed E-state index contributed by atoms with van der Waals surface area (Å²) in [4.78, 5) is 16.4. The van der Waals surface area contributed by atoms with Crippen molar-refractivity contribution >= 4 is 32.5 Å². The number of aryl methyl sites for hydroxylation is 1. The van der Waals surface area contributed by atoms with Crippen molar-refractivity contribution < 1.29 is 13.2 Å². The number of nitrogens with one attached hydrogen (secondary N) is 1. The van der Waals surface area contributed by atoms with E-state index in [9.17, 15) is 13.2 Å². The average molecular weight is 305 g/mol. The van der Waals surface area contributed by atoms with Crippen LogP contribution in [0.2, 0.25) is 0 Å². The zero-order valence-corrected chi connectivity index (χ0v) is 12.8. The van der Waals surface area contributed by atoms with Crippen LogP contribution < -0.4 is 9.62 Å². The Morgan fingerprint density at radius 3 is 2.76 bits per heavy atom. The lowest BCUT2D eigenvalue weighted by atomic mass is 9.97. The van der Waals surface area contributed by atoms with Crippen molar-refractivity contribution in [1.29, 1.82) is 0 Å². The van der Waals surface area contributed by atoms with Gasteiger partial charge in [-0.25, -0.2) is 8.42 Å². The van der Waals surface area contributed by atoms with Gasteiger partial charge >= 0.3 is 0 Å². The van der Waals surface area contributed by atoms with Crippen molar-refractivity contribution in [1.82, 2.24) is 10.3 Å². The molecule has 1 aromatic heterocycles. The minimum atomic E-state index is -3.43. The Kier molecular flexibility index (Phi) is 2.91. The van der Waals surface area contributed by atoms with E-state index in [4.69, 9.17) is 0 Å². The minimum Gasteiger partial charge on any atom is -0.348 e. The number of carbonyl (C=O) groups is 1. The molecule has 7 heteroatoms. The Labute approximate surface area is 122 Å². The molecule has 1 aromatic carbocycles. The monoisotopic (exact) mass is 305 g/mol. The lowest BCUT2D eigenvalue weighted by Gasteiger charge is -2.22. The summed E-state index contributed by atoms with van der Waals surface area (Å²) < 4.78 is 25.1. The zero-order chi connectivity index (χ0) is 15.4. The number of carbonyl (C=O) groups excluding carboxylic acids is 1. The van der Waals surface area contributed by atoms with Gasteiger partial charge in [-0.15, -0.1) is 0 Å². The largest absolute Gasteiger partial charge is 0.348 e. The molecule has 0 bridgehead atoms. The van der Waals surface area contributed by atoms with Gasteiger partial charge in [0.1, 0.15) is 0 Å². The fraction of sp³-hybridized carbons (Fsp3) is 0.286. The second kappa shape index (κ2) is 4.42. The SMILES string of the molecule is Cc1c2c(c(N(C)S(C)(=O)=O)c3cccnc13)CNC2=O. The van der Waals surface area contributed by atoms with Gasteiger partial charge in [0.05, 0.1) is 23.0 Å². The number of aromatic nitrogens is 1. The zero-order valence-electron chi connectivity index (χ0n) is 12.0. The summed E-state index contributed by atoms with van der Waals surface area (Å²) in [6.07, 6.45) is 2.78. The first-order valence-electron chi connectivity index (χ1n) is 6.44. The number of rotatable bonds is 2. The fourth-order valence-electron chi connectivity index (χ4n) is 2.78. The number of anilines is 1. The lowest BCUT2D eigenvalue weighted by Crippen LogP contribution is -2.26. The molecule has 0 saturated heterocycles. The van der Waals surface area contributed by atoms with E-state index in [0.717, 1.165) is 17.2 Å². The predicted octanol–water partition coefficient (Wildman–Crippen LogP) is 1.18. The molecule has 0 spiro atoms. The molecule has 0 fully saturated rings. The first kappa shape index (κ1) is 13.8. The van der Waals surface area contributed by atoms with Crippen LogP contribution in [0.5, 0.6) is 0 Å². The summed E-state index contributed by atoms with van der Waals surface area (Å²) >= 11 is 0. The molecule has 1 N–H and O–H groups in total. The molecule has 0 saturated carbocycles. The Bertz CT molecular complexity index is 875. The Balaban J connectivity index is 2.49. The second-order valence-corrected chi connectivity index (χ2v) is 7.15. The smallest absolute Gasteiger partial charge is 0.252 e. The molecule has 0 unspecified atom stereocenters. The molecule has 1 aliphatic heterocycles. The third-order valence-electron chi connectivity index (χ3n) is 3.85. The first-order chi connectivity index (χ1) is 9.82. The Hall–Kier alpha value is -2.15. The molecule has 21 heavy (non-hydrogen) atoms. The summed E-state index contributed by atoms with van der Waals surface area (Å²) in [7, 11) is -1.94. The molecular formula is C14H15N3O3S. The normalized spacial score (nSPS) is 14.1. The van der Waals surface area contributed by atoms with Gasteiger partial charge in [-0.3, -0.25) is 14.1 Å². The maximum atomic E-state index is 12.0.